The van der Waals surface area contributed by atoms with Crippen LogP contribution in [0.1, 0.15) is 5.56 Å². The molecule has 0 spiro atoms. The molecule has 0 radical (unpaired) electrons. The highest BCUT2D eigenvalue weighted by atomic mass is 35.5. The van der Waals surface area contributed by atoms with Crippen molar-refractivity contribution >= 4 is 33.2 Å². The molecule has 7 heteroatoms. The topological polar surface area (TPSA) is 46.6 Å². The van der Waals surface area contributed by atoms with Crippen LogP contribution in [0.5, 0.6) is 5.75 Å². The van der Waals surface area contributed by atoms with Gasteiger partial charge in [-0.3, -0.25) is 0 Å². The lowest BCUT2D eigenvalue weighted by atomic mass is 10.2. The molecule has 0 saturated carbocycles. The van der Waals surface area contributed by atoms with Gasteiger partial charge in [-0.15, -0.1) is 0 Å². The summed E-state index contributed by atoms with van der Waals surface area (Å²) in [7, 11) is -0.819. The van der Waals surface area contributed by atoms with Gasteiger partial charge < -0.3 is 4.74 Å². The largest absolute Gasteiger partial charge is 0.495 e. The van der Waals surface area contributed by atoms with Crippen molar-refractivity contribution in [3.8, 4) is 5.75 Å². The highest BCUT2D eigenvalue weighted by molar-refractivity contribution is 7.89. The van der Waals surface area contributed by atoms with Gasteiger partial charge in [-0.2, -0.15) is 4.31 Å². The van der Waals surface area contributed by atoms with Gasteiger partial charge >= 0.3 is 0 Å². The molecular weight excluding hydrogens is 345 g/mol. The highest BCUT2D eigenvalue weighted by Crippen LogP contribution is 2.37. The molecule has 2 aromatic carbocycles. The van der Waals surface area contributed by atoms with Crippen LogP contribution in [0.4, 0.5) is 0 Å². The molecule has 0 atom stereocenters. The number of sulfonamides is 1. The number of benzene rings is 2. The molecule has 0 N–H and O–H groups in total. The second-order valence-corrected chi connectivity index (χ2v) is 7.41. The summed E-state index contributed by atoms with van der Waals surface area (Å²) in [5.41, 5.74) is 0.879. The third-order valence-electron chi connectivity index (χ3n) is 3.17. The van der Waals surface area contributed by atoms with Crippen LogP contribution in [-0.2, 0) is 16.6 Å². The first-order chi connectivity index (χ1) is 10.4. The number of ether oxygens (including phenoxy) is 1. The fourth-order valence-corrected chi connectivity index (χ4v) is 3.93. The lowest BCUT2D eigenvalue weighted by molar-refractivity contribution is 0.414. The van der Waals surface area contributed by atoms with E-state index in [0.29, 0.717) is 5.75 Å². The minimum atomic E-state index is -3.75. The van der Waals surface area contributed by atoms with Crippen molar-refractivity contribution in [3.05, 3.63) is 58.1 Å². The van der Waals surface area contributed by atoms with Gasteiger partial charge in [-0.1, -0.05) is 53.5 Å². The summed E-state index contributed by atoms with van der Waals surface area (Å²) in [5.74, 6) is 0.330. The first-order valence-electron chi connectivity index (χ1n) is 6.40. The average Bonchev–Trinajstić information content (AvgIpc) is 2.50. The lowest BCUT2D eigenvalue weighted by Gasteiger charge is -2.19. The van der Waals surface area contributed by atoms with Crippen LogP contribution in [0.15, 0.2) is 47.4 Å². The van der Waals surface area contributed by atoms with Gasteiger partial charge in [-0.05, 0) is 17.7 Å². The number of hydrogen-bond acceptors (Lipinski definition) is 3. The van der Waals surface area contributed by atoms with E-state index in [0.717, 1.165) is 5.56 Å². The Bertz CT molecular complexity index is 764. The highest BCUT2D eigenvalue weighted by Gasteiger charge is 2.26. The van der Waals surface area contributed by atoms with Gasteiger partial charge in [-0.25, -0.2) is 8.42 Å². The molecule has 4 nitrogen and oxygen atoms in total. The van der Waals surface area contributed by atoms with Crippen molar-refractivity contribution in [1.82, 2.24) is 4.31 Å². The van der Waals surface area contributed by atoms with Gasteiger partial charge in [0.2, 0.25) is 10.0 Å². The number of methoxy groups -OCH3 is 1. The SMILES string of the molecule is COc1ccc(S(=O)(=O)N(C)Cc2ccccc2)c(Cl)c1Cl. The van der Waals surface area contributed by atoms with Crippen molar-refractivity contribution in [2.24, 2.45) is 0 Å². The summed E-state index contributed by atoms with van der Waals surface area (Å²) in [6, 6.07) is 12.2. The summed E-state index contributed by atoms with van der Waals surface area (Å²) in [6.45, 7) is 0.239. The number of nitrogens with zero attached hydrogens (tertiary/aromatic N) is 1. The summed E-state index contributed by atoms with van der Waals surface area (Å²) in [4.78, 5) is -0.0432. The van der Waals surface area contributed by atoms with Crippen molar-refractivity contribution in [3.63, 3.8) is 0 Å². The van der Waals surface area contributed by atoms with E-state index in [1.165, 1.54) is 30.6 Å². The molecule has 2 rings (SSSR count). The van der Waals surface area contributed by atoms with Crippen LogP contribution < -0.4 is 4.74 Å². The van der Waals surface area contributed by atoms with Crippen LogP contribution in [0.25, 0.3) is 0 Å². The molecule has 0 unspecified atom stereocenters. The standard InChI is InChI=1S/C15H15Cl2NO3S/c1-18(10-11-6-4-3-5-7-11)22(19,20)13-9-8-12(21-2)14(16)15(13)17/h3-9H,10H2,1-2H3. The fraction of sp³-hybridized carbons (Fsp3) is 0.200. The Morgan fingerprint density at radius 1 is 1.05 bits per heavy atom. The molecule has 0 fully saturated rings. The Morgan fingerprint density at radius 2 is 1.68 bits per heavy atom. The molecule has 22 heavy (non-hydrogen) atoms. The lowest BCUT2D eigenvalue weighted by Crippen LogP contribution is -2.26. The maximum absolute atomic E-state index is 12.7. The monoisotopic (exact) mass is 359 g/mol. The third-order valence-corrected chi connectivity index (χ3v) is 5.99. The molecule has 0 aliphatic carbocycles. The molecule has 0 aliphatic heterocycles. The first-order valence-corrected chi connectivity index (χ1v) is 8.59. The minimum absolute atomic E-state index is 0.0408. The van der Waals surface area contributed by atoms with E-state index in [1.54, 1.807) is 0 Å². The Balaban J connectivity index is 2.36. The Kier molecular flexibility index (Phi) is 5.34. The summed E-state index contributed by atoms with van der Waals surface area (Å²) in [5, 5.41) is 0.0410. The maximum Gasteiger partial charge on any atom is 0.244 e. The van der Waals surface area contributed by atoms with Crippen molar-refractivity contribution in [1.29, 1.82) is 0 Å². The predicted molar refractivity (Wildman–Crippen MR) is 88.1 cm³/mol. The Hall–Kier alpha value is -1.27. The molecule has 2 aromatic rings. The summed E-state index contributed by atoms with van der Waals surface area (Å²) >= 11 is 12.1. The van der Waals surface area contributed by atoms with Crippen molar-refractivity contribution < 1.29 is 13.2 Å². The zero-order valence-corrected chi connectivity index (χ0v) is 14.4. The molecule has 0 aliphatic rings. The van der Waals surface area contributed by atoms with E-state index < -0.39 is 10.0 Å². The summed E-state index contributed by atoms with van der Waals surface area (Å²) < 4.78 is 31.6. The van der Waals surface area contributed by atoms with E-state index in [1.807, 2.05) is 30.3 Å². The van der Waals surface area contributed by atoms with Crippen molar-refractivity contribution in [2.75, 3.05) is 14.2 Å². The third kappa shape index (κ3) is 3.38. The molecule has 0 bridgehead atoms. The number of hydrogen-bond donors (Lipinski definition) is 0. The zero-order valence-electron chi connectivity index (χ0n) is 12.1. The van der Waals surface area contributed by atoms with Crippen LogP contribution in [0, 0.1) is 0 Å². The van der Waals surface area contributed by atoms with Gasteiger partial charge in [0.15, 0.2) is 0 Å². The fourth-order valence-electron chi connectivity index (χ4n) is 1.96. The molecule has 0 heterocycles. The molecular formula is C15H15Cl2NO3S. The molecule has 118 valence electrons. The summed E-state index contributed by atoms with van der Waals surface area (Å²) in [6.07, 6.45) is 0. The van der Waals surface area contributed by atoms with E-state index in [2.05, 4.69) is 0 Å². The van der Waals surface area contributed by atoms with Crippen molar-refractivity contribution in [2.45, 2.75) is 11.4 Å². The maximum atomic E-state index is 12.7. The second kappa shape index (κ2) is 6.87. The minimum Gasteiger partial charge on any atom is -0.495 e. The predicted octanol–water partition coefficient (Wildman–Crippen LogP) is 3.82. The molecule has 0 saturated heterocycles. The van der Waals surface area contributed by atoms with Gasteiger partial charge in [0.25, 0.3) is 0 Å². The van der Waals surface area contributed by atoms with Gasteiger partial charge in [0.1, 0.15) is 15.7 Å². The van der Waals surface area contributed by atoms with Crippen LogP contribution in [0.2, 0.25) is 10.0 Å². The van der Waals surface area contributed by atoms with E-state index in [4.69, 9.17) is 27.9 Å². The van der Waals surface area contributed by atoms with E-state index in [-0.39, 0.29) is 21.5 Å². The number of halogens is 2. The number of rotatable bonds is 5. The van der Waals surface area contributed by atoms with Gasteiger partial charge in [0, 0.05) is 13.6 Å². The smallest absolute Gasteiger partial charge is 0.244 e. The van der Waals surface area contributed by atoms with Gasteiger partial charge in [0.05, 0.1) is 12.1 Å². The Labute approximate surface area is 140 Å². The Morgan fingerprint density at radius 3 is 2.27 bits per heavy atom. The van der Waals surface area contributed by atoms with E-state index in [9.17, 15) is 8.42 Å². The molecule has 0 aromatic heterocycles. The van der Waals surface area contributed by atoms with E-state index >= 15 is 0 Å². The van der Waals surface area contributed by atoms with Crippen LogP contribution in [-0.4, -0.2) is 26.9 Å². The second-order valence-electron chi connectivity index (χ2n) is 4.64. The van der Waals surface area contributed by atoms with Crippen LogP contribution >= 0.6 is 23.2 Å². The normalized spacial score (nSPS) is 11.7. The molecule has 0 amide bonds. The average molecular weight is 360 g/mol. The first kappa shape index (κ1) is 17.1. The quantitative estimate of drug-likeness (QED) is 0.814. The zero-order chi connectivity index (χ0) is 16.3. The van der Waals surface area contributed by atoms with Crippen LogP contribution in [0.3, 0.4) is 0 Å².